The van der Waals surface area contributed by atoms with Crippen molar-refractivity contribution < 1.29 is 27.4 Å². The molecule has 5 heterocycles. The molecule has 0 aliphatic carbocycles. The van der Waals surface area contributed by atoms with E-state index in [1.807, 2.05) is 11.9 Å². The highest BCUT2D eigenvalue weighted by Crippen LogP contribution is 2.40. The van der Waals surface area contributed by atoms with Crippen LogP contribution in [0.25, 0.3) is 0 Å². The van der Waals surface area contributed by atoms with Crippen LogP contribution in [-0.4, -0.2) is 59.2 Å². The van der Waals surface area contributed by atoms with Gasteiger partial charge in [0.25, 0.3) is 0 Å². The van der Waals surface area contributed by atoms with Crippen LogP contribution in [0.3, 0.4) is 0 Å². The van der Waals surface area contributed by atoms with Crippen molar-refractivity contribution in [2.24, 2.45) is 0 Å². The lowest BCUT2D eigenvalue weighted by molar-refractivity contribution is -0.141. The number of halogens is 3. The monoisotopic (exact) mass is 529 g/mol. The van der Waals surface area contributed by atoms with Crippen molar-refractivity contribution >= 4 is 23.4 Å². The second kappa shape index (κ2) is 10.4. The van der Waals surface area contributed by atoms with Crippen LogP contribution in [0, 0.1) is 0 Å². The Morgan fingerprint density at radius 2 is 1.97 bits per heavy atom. The van der Waals surface area contributed by atoms with Crippen LogP contribution < -0.4 is 19.9 Å². The first-order valence-electron chi connectivity index (χ1n) is 12.1. The van der Waals surface area contributed by atoms with E-state index in [9.17, 15) is 18.0 Å². The van der Waals surface area contributed by atoms with Crippen LogP contribution in [-0.2, 0) is 28.7 Å². The van der Waals surface area contributed by atoms with Crippen molar-refractivity contribution in [1.82, 2.24) is 19.9 Å². The number of carbonyl (C=O) groups excluding carboxylic acids is 1. The smallest absolute Gasteiger partial charge is 0.433 e. The Hall–Kier alpha value is -4.00. The third kappa shape index (κ3) is 5.19. The van der Waals surface area contributed by atoms with E-state index in [0.717, 1.165) is 42.0 Å². The summed E-state index contributed by atoms with van der Waals surface area (Å²) in [5, 5.41) is 3.23. The molecule has 13 heteroatoms. The topological polar surface area (TPSA) is 106 Å². The van der Waals surface area contributed by atoms with Crippen LogP contribution >= 0.6 is 0 Å². The Morgan fingerprint density at radius 3 is 2.66 bits per heavy atom. The van der Waals surface area contributed by atoms with Gasteiger partial charge in [-0.05, 0) is 30.5 Å². The van der Waals surface area contributed by atoms with Crippen LogP contribution in [0.2, 0.25) is 0 Å². The minimum Gasteiger partial charge on any atom is -0.437 e. The van der Waals surface area contributed by atoms with Gasteiger partial charge in [0.05, 0.1) is 11.9 Å². The van der Waals surface area contributed by atoms with Gasteiger partial charge in [-0.2, -0.15) is 18.2 Å². The Kier molecular flexibility index (Phi) is 7.02. The zero-order valence-electron chi connectivity index (χ0n) is 20.8. The summed E-state index contributed by atoms with van der Waals surface area (Å²) in [7, 11) is 3.48. The normalized spacial score (nSPS) is 16.9. The zero-order valence-corrected chi connectivity index (χ0v) is 20.8. The number of amides is 1. The van der Waals surface area contributed by atoms with Gasteiger partial charge in [0.1, 0.15) is 23.2 Å². The molecule has 2 aliphatic heterocycles. The second-order valence-corrected chi connectivity index (χ2v) is 9.00. The van der Waals surface area contributed by atoms with Gasteiger partial charge in [-0.1, -0.05) is 6.07 Å². The molecule has 3 aromatic rings. The van der Waals surface area contributed by atoms with Crippen molar-refractivity contribution in [2.45, 2.75) is 38.0 Å². The summed E-state index contributed by atoms with van der Waals surface area (Å²) in [6.07, 6.45) is 0.234. The molecule has 0 spiro atoms. The predicted molar refractivity (Wildman–Crippen MR) is 132 cm³/mol. The van der Waals surface area contributed by atoms with Gasteiger partial charge < -0.3 is 24.6 Å². The predicted octanol–water partition coefficient (Wildman–Crippen LogP) is 3.82. The summed E-state index contributed by atoms with van der Waals surface area (Å²) in [5.74, 6) is 1.57. The number of methoxy groups -OCH3 is 1. The molecule has 0 saturated carbocycles. The fraction of sp³-hybridized carbons (Fsp3) is 0.400. The largest absolute Gasteiger partial charge is 0.437 e. The summed E-state index contributed by atoms with van der Waals surface area (Å²) in [6, 6.07) is 5.09. The van der Waals surface area contributed by atoms with Crippen molar-refractivity contribution in [3.8, 4) is 11.6 Å². The highest BCUT2D eigenvalue weighted by molar-refractivity contribution is 6.05. The highest BCUT2D eigenvalue weighted by Gasteiger charge is 2.40. The van der Waals surface area contributed by atoms with Crippen LogP contribution in [0.4, 0.5) is 30.6 Å². The van der Waals surface area contributed by atoms with Crippen molar-refractivity contribution in [1.29, 1.82) is 0 Å². The van der Waals surface area contributed by atoms with Crippen LogP contribution in [0.1, 0.15) is 29.8 Å². The molecule has 0 radical (unpaired) electrons. The number of aryl methyl sites for hydroxylation is 1. The van der Waals surface area contributed by atoms with E-state index in [2.05, 4.69) is 20.3 Å². The molecule has 1 amide bonds. The van der Waals surface area contributed by atoms with Crippen LogP contribution in [0.5, 0.6) is 11.6 Å². The highest BCUT2D eigenvalue weighted by atomic mass is 19.4. The number of carbonyl (C=O) groups is 1. The maximum absolute atomic E-state index is 13.1. The van der Waals surface area contributed by atoms with E-state index in [-0.39, 0.29) is 23.6 Å². The van der Waals surface area contributed by atoms with E-state index < -0.39 is 11.9 Å². The van der Waals surface area contributed by atoms with E-state index in [0.29, 0.717) is 37.9 Å². The number of nitrogens with zero attached hydrogens (tertiary/aromatic N) is 6. The van der Waals surface area contributed by atoms with Gasteiger partial charge in [-0.3, -0.25) is 4.79 Å². The van der Waals surface area contributed by atoms with Gasteiger partial charge in [-0.25, -0.2) is 15.0 Å². The molecule has 2 aliphatic rings. The molecule has 10 nitrogen and oxygen atoms in total. The Balaban J connectivity index is 1.27. The number of hydrogen-bond donors (Lipinski definition) is 1. The number of hydrogen-bond acceptors (Lipinski definition) is 9. The van der Waals surface area contributed by atoms with E-state index in [1.54, 1.807) is 30.3 Å². The number of rotatable bonds is 8. The van der Waals surface area contributed by atoms with Crippen molar-refractivity contribution in [2.75, 3.05) is 42.4 Å². The number of likely N-dealkylation sites (N-methyl/N-ethyl adjacent to an activating group) is 1. The Bertz CT molecular complexity index is 1300. The molecule has 5 rings (SSSR count). The minimum atomic E-state index is -4.51. The number of anilines is 3. The molecular formula is C25H26F3N7O3. The first-order valence-corrected chi connectivity index (χ1v) is 12.1. The third-order valence-electron chi connectivity index (χ3n) is 6.45. The SMILES string of the molecule is COCC[C@@H]1C(=O)N2CCCc3nc(NCc4ccc(Oc5ccc(C(F)(F)F)nc5)nc4)nc(c32)N1C. The Labute approximate surface area is 216 Å². The minimum absolute atomic E-state index is 0.0442. The van der Waals surface area contributed by atoms with E-state index >= 15 is 0 Å². The molecule has 0 fully saturated rings. The fourth-order valence-electron chi connectivity index (χ4n) is 4.53. The molecule has 1 N–H and O–H groups in total. The van der Waals surface area contributed by atoms with Gasteiger partial charge in [0.2, 0.25) is 17.7 Å². The molecular weight excluding hydrogens is 503 g/mol. The lowest BCUT2D eigenvalue weighted by Gasteiger charge is -2.42. The van der Waals surface area contributed by atoms with Crippen molar-refractivity contribution in [3.63, 3.8) is 0 Å². The Morgan fingerprint density at radius 1 is 1.13 bits per heavy atom. The molecule has 0 bridgehead atoms. The summed E-state index contributed by atoms with van der Waals surface area (Å²) < 4.78 is 48.7. The van der Waals surface area contributed by atoms with E-state index in [4.69, 9.17) is 14.5 Å². The first kappa shape index (κ1) is 25.6. The lowest BCUT2D eigenvalue weighted by atomic mass is 10.0. The average Bonchev–Trinajstić information content (AvgIpc) is 2.91. The van der Waals surface area contributed by atoms with Gasteiger partial charge >= 0.3 is 6.18 Å². The zero-order chi connectivity index (χ0) is 26.9. The number of ether oxygens (including phenoxy) is 2. The lowest BCUT2D eigenvalue weighted by Crippen LogP contribution is -2.54. The van der Waals surface area contributed by atoms with Crippen LogP contribution in [0.15, 0.2) is 36.7 Å². The summed E-state index contributed by atoms with van der Waals surface area (Å²) in [4.78, 5) is 33.8. The molecule has 38 heavy (non-hydrogen) atoms. The molecule has 0 saturated heterocycles. The molecule has 3 aromatic heterocycles. The molecule has 0 aromatic carbocycles. The molecule has 0 unspecified atom stereocenters. The van der Waals surface area contributed by atoms with Gasteiger partial charge in [0.15, 0.2) is 5.82 Å². The number of alkyl halides is 3. The van der Waals surface area contributed by atoms with E-state index in [1.165, 1.54) is 6.07 Å². The number of aromatic nitrogens is 4. The van der Waals surface area contributed by atoms with Gasteiger partial charge in [0, 0.05) is 52.5 Å². The van der Waals surface area contributed by atoms with Crippen molar-refractivity contribution in [3.05, 3.63) is 53.6 Å². The number of nitrogens with one attached hydrogen (secondary N) is 1. The average molecular weight is 530 g/mol. The fourth-order valence-corrected chi connectivity index (χ4v) is 4.53. The maximum atomic E-state index is 13.1. The van der Waals surface area contributed by atoms with Gasteiger partial charge in [-0.15, -0.1) is 0 Å². The standard InChI is InChI=1S/C25H26F3N7O3/c1-34-18(9-11-37-2)23(36)35-10-3-4-17-21(35)22(34)33-24(32-17)31-13-15-5-8-20(30-12-15)38-16-6-7-19(29-14-16)25(26,27)28/h5-8,12,14,18H,3-4,9-11,13H2,1-2H3,(H,31,32,33)/t18-/m1/s1. The summed E-state index contributed by atoms with van der Waals surface area (Å²) >= 11 is 0. The summed E-state index contributed by atoms with van der Waals surface area (Å²) in [6.45, 7) is 1.50. The third-order valence-corrected chi connectivity index (χ3v) is 6.45. The first-order chi connectivity index (χ1) is 18.2. The molecule has 1 atom stereocenters. The maximum Gasteiger partial charge on any atom is 0.433 e. The quantitative estimate of drug-likeness (QED) is 0.466. The number of pyridine rings is 2. The second-order valence-electron chi connectivity index (χ2n) is 9.00. The molecule has 200 valence electrons. The summed E-state index contributed by atoms with van der Waals surface area (Å²) in [5.41, 5.74) is 1.44.